The number of benzene rings is 2. The number of methoxy groups -OCH3 is 1. The van der Waals surface area contributed by atoms with Crippen molar-refractivity contribution in [1.82, 2.24) is 0 Å². The first kappa shape index (κ1) is 19.1. The predicted octanol–water partition coefficient (Wildman–Crippen LogP) is 1.71. The number of carbonyl (C=O) groups is 4. The zero-order valence-electron chi connectivity index (χ0n) is 15.4. The Balaban J connectivity index is 1.58. The van der Waals surface area contributed by atoms with Crippen LogP contribution in [0, 0.1) is 6.92 Å². The fourth-order valence-electron chi connectivity index (χ4n) is 2.83. The van der Waals surface area contributed by atoms with Gasteiger partial charge in [0.2, 0.25) is 0 Å². The molecule has 0 spiro atoms. The summed E-state index contributed by atoms with van der Waals surface area (Å²) in [6, 6.07) is 11.7. The second kappa shape index (κ2) is 7.91. The van der Waals surface area contributed by atoms with Gasteiger partial charge in [-0.2, -0.15) is 0 Å². The van der Waals surface area contributed by atoms with Crippen LogP contribution in [0.2, 0.25) is 0 Å². The number of fused-ring (bicyclic) bond motifs is 1. The Kier molecular flexibility index (Phi) is 5.39. The molecule has 2 aromatic rings. The summed E-state index contributed by atoms with van der Waals surface area (Å²) in [4.78, 5) is 49.2. The van der Waals surface area contributed by atoms with E-state index in [9.17, 15) is 19.2 Å². The van der Waals surface area contributed by atoms with Gasteiger partial charge in [-0.3, -0.25) is 24.1 Å². The molecule has 2 amide bonds. The van der Waals surface area contributed by atoms with E-state index in [1.54, 1.807) is 30.3 Å². The molecule has 28 heavy (non-hydrogen) atoms. The summed E-state index contributed by atoms with van der Waals surface area (Å²) >= 11 is 0. The number of Topliss-reactive ketones (excluding diaryl/α,β-unsaturated/α-hetero) is 1. The summed E-state index contributed by atoms with van der Waals surface area (Å²) in [6.45, 7) is 0.873. The molecule has 0 saturated heterocycles. The topological polar surface area (TPSA) is 102 Å². The molecule has 1 aliphatic rings. The van der Waals surface area contributed by atoms with Crippen LogP contribution in [0.25, 0.3) is 0 Å². The van der Waals surface area contributed by atoms with E-state index < -0.39 is 36.7 Å². The van der Waals surface area contributed by atoms with Crippen LogP contribution in [0.15, 0.2) is 42.5 Å². The van der Waals surface area contributed by atoms with Crippen LogP contribution in [-0.4, -0.2) is 43.8 Å². The first-order chi connectivity index (χ1) is 13.4. The first-order valence-electron chi connectivity index (χ1n) is 8.46. The van der Waals surface area contributed by atoms with E-state index in [1.807, 2.05) is 13.0 Å². The lowest BCUT2D eigenvalue weighted by atomic mass is 10.1. The zero-order chi connectivity index (χ0) is 20.3. The summed E-state index contributed by atoms with van der Waals surface area (Å²) in [5.41, 5.74) is 1.97. The van der Waals surface area contributed by atoms with Gasteiger partial charge in [0.1, 0.15) is 12.3 Å². The highest BCUT2D eigenvalue weighted by atomic mass is 16.5. The molecule has 2 aromatic carbocycles. The highest BCUT2D eigenvalue weighted by Gasteiger charge is 2.36. The van der Waals surface area contributed by atoms with Crippen LogP contribution in [0.3, 0.4) is 0 Å². The van der Waals surface area contributed by atoms with Gasteiger partial charge in [0.25, 0.3) is 17.6 Å². The van der Waals surface area contributed by atoms with E-state index in [0.29, 0.717) is 17.1 Å². The number of ether oxygens (including phenoxy) is 2. The van der Waals surface area contributed by atoms with Crippen LogP contribution >= 0.6 is 0 Å². The van der Waals surface area contributed by atoms with Gasteiger partial charge in [-0.05, 0) is 36.8 Å². The Morgan fingerprint density at radius 2 is 1.86 bits per heavy atom. The number of esters is 1. The number of nitrogens with zero attached hydrogens (tertiary/aromatic N) is 1. The van der Waals surface area contributed by atoms with Crippen LogP contribution in [0.5, 0.6) is 5.75 Å². The number of para-hydroxylation sites is 1. The average Bonchev–Trinajstić information content (AvgIpc) is 2.92. The molecule has 0 saturated carbocycles. The van der Waals surface area contributed by atoms with Crippen LogP contribution in [0.1, 0.15) is 15.9 Å². The molecule has 8 nitrogen and oxygen atoms in total. The maximum absolute atomic E-state index is 12.1. The van der Waals surface area contributed by atoms with Crippen molar-refractivity contribution in [2.75, 3.05) is 30.5 Å². The molecular formula is C20H18N2O6. The molecule has 0 aliphatic carbocycles. The number of ketones is 1. The van der Waals surface area contributed by atoms with Gasteiger partial charge < -0.3 is 14.8 Å². The molecule has 8 heteroatoms. The van der Waals surface area contributed by atoms with Crippen molar-refractivity contribution >= 4 is 34.9 Å². The molecule has 0 radical (unpaired) electrons. The fourth-order valence-corrected chi connectivity index (χ4v) is 2.83. The standard InChI is InChI=1S/C20H18N2O6/c1-12-7-8-16(27-2)14(9-12)21-17(23)11-28-18(24)10-22-15-6-4-3-5-13(15)19(25)20(22)26/h3-9H,10-11H2,1-2H3,(H,21,23). The Morgan fingerprint density at radius 3 is 2.61 bits per heavy atom. The van der Waals surface area contributed by atoms with E-state index in [-0.39, 0.29) is 5.56 Å². The summed E-state index contributed by atoms with van der Waals surface area (Å²) in [6.07, 6.45) is 0. The van der Waals surface area contributed by atoms with E-state index in [2.05, 4.69) is 5.32 Å². The van der Waals surface area contributed by atoms with Crippen molar-refractivity contribution in [3.8, 4) is 5.75 Å². The number of hydrogen-bond acceptors (Lipinski definition) is 6. The fraction of sp³-hybridized carbons (Fsp3) is 0.200. The van der Waals surface area contributed by atoms with E-state index in [0.717, 1.165) is 10.5 Å². The smallest absolute Gasteiger partial charge is 0.326 e. The lowest BCUT2D eigenvalue weighted by Gasteiger charge is -2.15. The molecule has 1 heterocycles. The minimum atomic E-state index is -0.802. The molecule has 0 aromatic heterocycles. The van der Waals surface area contributed by atoms with E-state index in [1.165, 1.54) is 13.2 Å². The molecule has 144 valence electrons. The van der Waals surface area contributed by atoms with Gasteiger partial charge >= 0.3 is 5.97 Å². The quantitative estimate of drug-likeness (QED) is 0.603. The number of hydrogen-bond donors (Lipinski definition) is 1. The molecule has 1 N–H and O–H groups in total. The Morgan fingerprint density at radius 1 is 1.11 bits per heavy atom. The van der Waals surface area contributed by atoms with Gasteiger partial charge in [-0.25, -0.2) is 0 Å². The predicted molar refractivity (Wildman–Crippen MR) is 100 cm³/mol. The largest absolute Gasteiger partial charge is 0.495 e. The number of aryl methyl sites for hydroxylation is 1. The lowest BCUT2D eigenvalue weighted by Crippen LogP contribution is -2.36. The zero-order valence-corrected chi connectivity index (χ0v) is 15.4. The van der Waals surface area contributed by atoms with Crippen LogP contribution in [0.4, 0.5) is 11.4 Å². The van der Waals surface area contributed by atoms with E-state index in [4.69, 9.17) is 9.47 Å². The third-order valence-corrected chi connectivity index (χ3v) is 4.16. The van der Waals surface area contributed by atoms with Crippen LogP contribution < -0.4 is 15.0 Å². The van der Waals surface area contributed by atoms with Crippen molar-refractivity contribution < 1.29 is 28.7 Å². The molecular weight excluding hydrogens is 364 g/mol. The SMILES string of the molecule is COc1ccc(C)cc1NC(=O)COC(=O)CN1C(=O)C(=O)c2ccccc21. The molecule has 0 fully saturated rings. The first-order valence-corrected chi connectivity index (χ1v) is 8.46. The van der Waals surface area contributed by atoms with Gasteiger partial charge in [0, 0.05) is 0 Å². The molecule has 0 unspecified atom stereocenters. The van der Waals surface area contributed by atoms with Gasteiger partial charge in [-0.15, -0.1) is 0 Å². The number of carbonyl (C=O) groups excluding carboxylic acids is 4. The normalized spacial score (nSPS) is 12.6. The van der Waals surface area contributed by atoms with Gasteiger partial charge in [-0.1, -0.05) is 18.2 Å². The Bertz CT molecular complexity index is 969. The molecule has 3 rings (SSSR count). The molecule has 0 bridgehead atoms. The van der Waals surface area contributed by atoms with Crippen molar-refractivity contribution in [1.29, 1.82) is 0 Å². The van der Waals surface area contributed by atoms with Crippen molar-refractivity contribution in [2.24, 2.45) is 0 Å². The number of rotatable bonds is 6. The summed E-state index contributed by atoms with van der Waals surface area (Å²) in [5, 5.41) is 2.61. The maximum Gasteiger partial charge on any atom is 0.326 e. The van der Waals surface area contributed by atoms with Gasteiger partial charge in [0.15, 0.2) is 6.61 Å². The minimum absolute atomic E-state index is 0.240. The summed E-state index contributed by atoms with van der Waals surface area (Å²) < 4.78 is 10.1. The number of amides is 2. The van der Waals surface area contributed by atoms with Crippen molar-refractivity contribution in [2.45, 2.75) is 6.92 Å². The summed E-state index contributed by atoms with van der Waals surface area (Å²) in [7, 11) is 1.48. The van der Waals surface area contributed by atoms with Crippen molar-refractivity contribution in [3.05, 3.63) is 53.6 Å². The van der Waals surface area contributed by atoms with E-state index >= 15 is 0 Å². The highest BCUT2D eigenvalue weighted by molar-refractivity contribution is 6.52. The maximum atomic E-state index is 12.1. The number of nitrogens with one attached hydrogen (secondary N) is 1. The Hall–Kier alpha value is -3.68. The third kappa shape index (κ3) is 3.85. The monoisotopic (exact) mass is 382 g/mol. The minimum Gasteiger partial charge on any atom is -0.495 e. The number of anilines is 2. The van der Waals surface area contributed by atoms with Crippen LogP contribution in [-0.2, 0) is 19.1 Å². The summed E-state index contributed by atoms with van der Waals surface area (Å²) in [5.74, 6) is -2.35. The second-order valence-electron chi connectivity index (χ2n) is 6.15. The lowest BCUT2D eigenvalue weighted by molar-refractivity contribution is -0.146. The second-order valence-corrected chi connectivity index (χ2v) is 6.15. The molecule has 0 atom stereocenters. The van der Waals surface area contributed by atoms with Crippen molar-refractivity contribution in [3.63, 3.8) is 0 Å². The Labute approximate surface area is 161 Å². The highest BCUT2D eigenvalue weighted by Crippen LogP contribution is 2.28. The third-order valence-electron chi connectivity index (χ3n) is 4.16. The van der Waals surface area contributed by atoms with Gasteiger partial charge in [0.05, 0.1) is 24.0 Å². The average molecular weight is 382 g/mol. The molecule has 1 aliphatic heterocycles.